The normalized spacial score (nSPS) is 18.5. The minimum absolute atomic E-state index is 0.0364. The second-order valence-corrected chi connectivity index (χ2v) is 7.01. The largest absolute Gasteiger partial charge is 0.466 e. The molecule has 0 aromatic heterocycles. The predicted molar refractivity (Wildman–Crippen MR) is 96.2 cm³/mol. The second-order valence-electron chi connectivity index (χ2n) is 7.01. The van der Waals surface area contributed by atoms with Crippen molar-refractivity contribution in [3.63, 3.8) is 0 Å². The molecule has 0 bridgehead atoms. The number of amides is 1. The molecule has 2 heterocycles. The van der Waals surface area contributed by atoms with Gasteiger partial charge in [0, 0.05) is 23.2 Å². The van der Waals surface area contributed by atoms with E-state index in [4.69, 9.17) is 14.2 Å². The number of carbonyl (C=O) groups excluding carboxylic acids is 3. The van der Waals surface area contributed by atoms with Crippen LogP contribution in [0, 0.1) is 0 Å². The summed E-state index contributed by atoms with van der Waals surface area (Å²) in [6.07, 6.45) is 0. The molecule has 8 nitrogen and oxygen atoms in total. The Kier molecular flexibility index (Phi) is 4.93. The average molecular weight is 374 g/mol. The molecule has 0 fully saturated rings. The highest BCUT2D eigenvalue weighted by molar-refractivity contribution is 6.04. The molecule has 1 aromatic carbocycles. The maximum absolute atomic E-state index is 12.4. The highest BCUT2D eigenvalue weighted by atomic mass is 16.5. The topological polar surface area (TPSA) is 94.2 Å². The van der Waals surface area contributed by atoms with E-state index in [2.05, 4.69) is 5.32 Å². The van der Waals surface area contributed by atoms with Crippen LogP contribution in [0.2, 0.25) is 0 Å². The lowest BCUT2D eigenvalue weighted by molar-refractivity contribution is -0.140. The highest BCUT2D eigenvalue weighted by Crippen LogP contribution is 2.34. The van der Waals surface area contributed by atoms with Crippen LogP contribution >= 0.6 is 0 Å². The number of methoxy groups -OCH3 is 2. The molecule has 0 unspecified atom stereocenters. The van der Waals surface area contributed by atoms with Crippen molar-refractivity contribution < 1.29 is 28.6 Å². The number of fused-ring (bicyclic) bond motifs is 1. The van der Waals surface area contributed by atoms with E-state index in [1.54, 1.807) is 12.1 Å². The number of esters is 2. The van der Waals surface area contributed by atoms with Crippen LogP contribution in [0.15, 0.2) is 29.5 Å². The lowest BCUT2D eigenvalue weighted by Crippen LogP contribution is -2.44. The molecule has 1 amide bonds. The molecule has 8 heteroatoms. The Balaban J connectivity index is 2.12. The van der Waals surface area contributed by atoms with Gasteiger partial charge < -0.3 is 24.4 Å². The molecule has 0 spiro atoms. The third-order valence-electron chi connectivity index (χ3n) is 4.81. The van der Waals surface area contributed by atoms with Gasteiger partial charge in [-0.25, -0.2) is 9.59 Å². The molecule has 1 N–H and O–H groups in total. The Morgan fingerprint density at radius 1 is 1.19 bits per heavy atom. The zero-order valence-electron chi connectivity index (χ0n) is 15.8. The van der Waals surface area contributed by atoms with E-state index in [0.29, 0.717) is 17.8 Å². The third kappa shape index (κ3) is 3.28. The van der Waals surface area contributed by atoms with Gasteiger partial charge in [0.1, 0.15) is 12.4 Å². The number of nitrogens with one attached hydrogen (secondary N) is 1. The summed E-state index contributed by atoms with van der Waals surface area (Å²) < 4.78 is 15.1. The van der Waals surface area contributed by atoms with Crippen LogP contribution in [-0.2, 0) is 29.2 Å². The summed E-state index contributed by atoms with van der Waals surface area (Å²) in [5.41, 5.74) is 1.90. The van der Waals surface area contributed by atoms with Gasteiger partial charge in [-0.1, -0.05) is 19.9 Å². The van der Waals surface area contributed by atoms with Crippen LogP contribution in [0.3, 0.4) is 0 Å². The Morgan fingerprint density at radius 2 is 1.89 bits per heavy atom. The molecule has 2 aliphatic heterocycles. The molecular weight excluding hydrogens is 352 g/mol. The molecule has 0 atom stereocenters. The maximum atomic E-state index is 12.4. The van der Waals surface area contributed by atoms with E-state index in [1.807, 2.05) is 19.9 Å². The van der Waals surface area contributed by atoms with Crippen LogP contribution in [-0.4, -0.2) is 51.9 Å². The van der Waals surface area contributed by atoms with E-state index in [9.17, 15) is 14.4 Å². The average Bonchev–Trinajstić information content (AvgIpc) is 2.69. The molecule has 3 rings (SSSR count). The van der Waals surface area contributed by atoms with E-state index in [-0.39, 0.29) is 35.9 Å². The standard InChI is InChI=1S/C19H22N2O6/c1-19(2)9-20-16(22)12-7-11(5-6-14(12)19)21-10-27-8-13(17(23)25-3)15(21)18(24)26-4/h5-7H,8-10H2,1-4H3,(H,20,22). The van der Waals surface area contributed by atoms with Crippen LogP contribution in [0.4, 0.5) is 5.69 Å². The molecule has 2 aliphatic rings. The van der Waals surface area contributed by atoms with E-state index >= 15 is 0 Å². The fourth-order valence-corrected chi connectivity index (χ4v) is 3.32. The fourth-order valence-electron chi connectivity index (χ4n) is 3.32. The Bertz CT molecular complexity index is 843. The highest BCUT2D eigenvalue weighted by Gasteiger charge is 2.35. The number of anilines is 1. The van der Waals surface area contributed by atoms with Crippen molar-refractivity contribution in [3.8, 4) is 0 Å². The Hall–Kier alpha value is -2.87. The Morgan fingerprint density at radius 3 is 2.56 bits per heavy atom. The predicted octanol–water partition coefficient (Wildman–Crippen LogP) is 1.10. The van der Waals surface area contributed by atoms with E-state index in [1.165, 1.54) is 19.1 Å². The number of hydrogen-bond donors (Lipinski definition) is 1. The van der Waals surface area contributed by atoms with Gasteiger partial charge in [0.25, 0.3) is 5.91 Å². The number of rotatable bonds is 3. The van der Waals surface area contributed by atoms with E-state index in [0.717, 1.165) is 5.56 Å². The van der Waals surface area contributed by atoms with Gasteiger partial charge in [-0.2, -0.15) is 0 Å². The monoisotopic (exact) mass is 374 g/mol. The first kappa shape index (κ1) is 18.9. The van der Waals surface area contributed by atoms with Crippen molar-refractivity contribution in [1.82, 2.24) is 5.32 Å². The summed E-state index contributed by atoms with van der Waals surface area (Å²) in [5.74, 6) is -1.53. The summed E-state index contributed by atoms with van der Waals surface area (Å²) in [5, 5.41) is 2.87. The summed E-state index contributed by atoms with van der Waals surface area (Å²) in [4.78, 5) is 38.3. The minimum Gasteiger partial charge on any atom is -0.466 e. The van der Waals surface area contributed by atoms with Gasteiger partial charge in [0.2, 0.25) is 0 Å². The maximum Gasteiger partial charge on any atom is 0.355 e. The lowest BCUT2D eigenvalue weighted by atomic mass is 9.79. The van der Waals surface area contributed by atoms with Crippen molar-refractivity contribution in [3.05, 3.63) is 40.6 Å². The van der Waals surface area contributed by atoms with Crippen LogP contribution < -0.4 is 10.2 Å². The number of benzene rings is 1. The molecule has 1 aromatic rings. The van der Waals surface area contributed by atoms with Crippen LogP contribution in [0.1, 0.15) is 29.8 Å². The van der Waals surface area contributed by atoms with Crippen molar-refractivity contribution in [1.29, 1.82) is 0 Å². The number of carbonyl (C=O) groups is 3. The molecule has 144 valence electrons. The molecule has 0 saturated carbocycles. The zero-order chi connectivity index (χ0) is 19.8. The first-order valence-electron chi connectivity index (χ1n) is 8.48. The summed E-state index contributed by atoms with van der Waals surface area (Å²) in [6, 6.07) is 5.36. The molecular formula is C19H22N2O6. The van der Waals surface area contributed by atoms with Gasteiger partial charge >= 0.3 is 11.9 Å². The van der Waals surface area contributed by atoms with Crippen LogP contribution in [0.25, 0.3) is 0 Å². The van der Waals surface area contributed by atoms with Crippen molar-refractivity contribution in [2.24, 2.45) is 0 Å². The fraction of sp³-hybridized carbons (Fsp3) is 0.421. The van der Waals surface area contributed by atoms with Crippen molar-refractivity contribution >= 4 is 23.5 Å². The molecule has 27 heavy (non-hydrogen) atoms. The lowest BCUT2D eigenvalue weighted by Gasteiger charge is -2.35. The summed E-state index contributed by atoms with van der Waals surface area (Å²) in [6.45, 7) is 4.61. The van der Waals surface area contributed by atoms with Crippen molar-refractivity contribution in [2.75, 3.05) is 39.0 Å². The number of ether oxygens (including phenoxy) is 3. The van der Waals surface area contributed by atoms with Gasteiger partial charge in [0.15, 0.2) is 0 Å². The Labute approximate surface area is 157 Å². The van der Waals surface area contributed by atoms with Gasteiger partial charge in [-0.05, 0) is 17.7 Å². The van der Waals surface area contributed by atoms with Crippen molar-refractivity contribution in [2.45, 2.75) is 19.3 Å². The summed E-state index contributed by atoms with van der Waals surface area (Å²) >= 11 is 0. The van der Waals surface area contributed by atoms with Gasteiger partial charge in [-0.15, -0.1) is 0 Å². The molecule has 0 aliphatic carbocycles. The first-order chi connectivity index (χ1) is 12.8. The van der Waals surface area contributed by atoms with Crippen LogP contribution in [0.5, 0.6) is 0 Å². The van der Waals surface area contributed by atoms with Gasteiger partial charge in [0.05, 0.1) is 26.4 Å². The molecule has 0 saturated heterocycles. The smallest absolute Gasteiger partial charge is 0.355 e. The first-order valence-corrected chi connectivity index (χ1v) is 8.48. The number of hydrogen-bond acceptors (Lipinski definition) is 7. The second kappa shape index (κ2) is 7.03. The third-order valence-corrected chi connectivity index (χ3v) is 4.81. The SMILES string of the molecule is COC(=O)C1=C(C(=O)OC)N(c2ccc3c(c2)C(=O)NCC3(C)C)COC1. The minimum atomic E-state index is -0.679. The van der Waals surface area contributed by atoms with E-state index < -0.39 is 11.9 Å². The number of nitrogens with zero attached hydrogens (tertiary/aromatic N) is 1. The summed E-state index contributed by atoms with van der Waals surface area (Å²) in [7, 11) is 2.47. The quantitative estimate of drug-likeness (QED) is 0.792. The molecule has 0 radical (unpaired) electrons. The zero-order valence-corrected chi connectivity index (χ0v) is 15.8. The van der Waals surface area contributed by atoms with Gasteiger partial charge in [-0.3, -0.25) is 4.79 Å².